The quantitative estimate of drug-likeness (QED) is 0.373. The number of carbonyl (C=O) groups is 1. The maximum absolute atomic E-state index is 12.7. The summed E-state index contributed by atoms with van der Waals surface area (Å²) in [7, 11) is 0. The Morgan fingerprint density at radius 3 is 2.33 bits per heavy atom. The number of ether oxygens (including phenoxy) is 1. The molecule has 0 radical (unpaired) electrons. The third-order valence-electron chi connectivity index (χ3n) is 6.22. The molecule has 6 nitrogen and oxygen atoms in total. The molecule has 1 aliphatic carbocycles. The Kier molecular flexibility index (Phi) is 9.11. The van der Waals surface area contributed by atoms with Gasteiger partial charge in [-0.2, -0.15) is 0 Å². The summed E-state index contributed by atoms with van der Waals surface area (Å²) in [5.74, 6) is 1.53. The standard InChI is InChI=1S/C20H36N4O2.HI/c1-3-21-19(22-16-20(2)8-4-5-9-20)24-10-6-17(7-11-24)18(25)23-12-14-26-15-13-23;/h17H,3-16H2,1-2H3,(H,21,22);1H. The Morgan fingerprint density at radius 1 is 1.11 bits per heavy atom. The molecule has 3 aliphatic rings. The van der Waals surface area contributed by atoms with Crippen molar-refractivity contribution in [1.82, 2.24) is 15.1 Å². The monoisotopic (exact) mass is 492 g/mol. The van der Waals surface area contributed by atoms with Crippen LogP contribution in [0.25, 0.3) is 0 Å². The van der Waals surface area contributed by atoms with E-state index < -0.39 is 0 Å². The van der Waals surface area contributed by atoms with Crippen molar-refractivity contribution in [3.63, 3.8) is 0 Å². The van der Waals surface area contributed by atoms with Gasteiger partial charge in [0.05, 0.1) is 13.2 Å². The molecule has 1 saturated carbocycles. The molecule has 0 aromatic rings. The molecule has 0 aromatic heterocycles. The van der Waals surface area contributed by atoms with Crippen molar-refractivity contribution in [1.29, 1.82) is 0 Å². The zero-order valence-corrected chi connectivity index (χ0v) is 19.4. The van der Waals surface area contributed by atoms with E-state index in [1.165, 1.54) is 25.7 Å². The van der Waals surface area contributed by atoms with E-state index in [1.54, 1.807) is 0 Å². The van der Waals surface area contributed by atoms with E-state index >= 15 is 0 Å². The number of aliphatic imine (C=N–C) groups is 1. The van der Waals surface area contributed by atoms with Gasteiger partial charge in [0, 0.05) is 45.2 Å². The molecule has 0 unspecified atom stereocenters. The van der Waals surface area contributed by atoms with Crippen LogP contribution in [-0.4, -0.2) is 74.1 Å². The van der Waals surface area contributed by atoms with Gasteiger partial charge in [-0.05, 0) is 38.0 Å². The van der Waals surface area contributed by atoms with Gasteiger partial charge in [0.1, 0.15) is 0 Å². The molecule has 7 heteroatoms. The lowest BCUT2D eigenvalue weighted by Gasteiger charge is -2.37. The van der Waals surface area contributed by atoms with Gasteiger partial charge in [-0.15, -0.1) is 24.0 Å². The first kappa shape index (κ1) is 22.7. The van der Waals surface area contributed by atoms with E-state index in [4.69, 9.17) is 9.73 Å². The molecule has 0 atom stereocenters. The lowest BCUT2D eigenvalue weighted by molar-refractivity contribution is -0.140. The maximum atomic E-state index is 12.7. The zero-order chi connectivity index (χ0) is 18.4. The second kappa shape index (κ2) is 10.8. The van der Waals surface area contributed by atoms with Gasteiger partial charge in [0.15, 0.2) is 5.96 Å². The highest BCUT2D eigenvalue weighted by molar-refractivity contribution is 14.0. The number of hydrogen-bond acceptors (Lipinski definition) is 3. The van der Waals surface area contributed by atoms with Crippen LogP contribution in [0.15, 0.2) is 4.99 Å². The Balaban J connectivity index is 0.00000261. The number of guanidine groups is 1. The number of halogens is 1. The van der Waals surface area contributed by atoms with Crippen molar-refractivity contribution >= 4 is 35.8 Å². The minimum atomic E-state index is 0. The molecule has 1 N–H and O–H groups in total. The number of nitrogens with one attached hydrogen (secondary N) is 1. The SMILES string of the molecule is CCNC(=NCC1(C)CCCC1)N1CCC(C(=O)N2CCOCC2)CC1.I. The van der Waals surface area contributed by atoms with Gasteiger partial charge in [0.25, 0.3) is 0 Å². The number of piperidine rings is 1. The summed E-state index contributed by atoms with van der Waals surface area (Å²) in [6.07, 6.45) is 7.14. The molecule has 2 heterocycles. The number of rotatable bonds is 4. The molecular weight excluding hydrogens is 455 g/mol. The van der Waals surface area contributed by atoms with Crippen LogP contribution in [0.4, 0.5) is 0 Å². The topological polar surface area (TPSA) is 57.2 Å². The molecule has 3 fully saturated rings. The summed E-state index contributed by atoms with van der Waals surface area (Å²) < 4.78 is 5.36. The van der Waals surface area contributed by atoms with Crippen molar-refractivity contribution in [2.24, 2.45) is 16.3 Å². The van der Waals surface area contributed by atoms with E-state index in [0.717, 1.165) is 58.1 Å². The molecular formula is C20H37IN4O2. The number of hydrogen-bond donors (Lipinski definition) is 1. The number of likely N-dealkylation sites (tertiary alicyclic amines) is 1. The Hall–Kier alpha value is -0.570. The van der Waals surface area contributed by atoms with Gasteiger partial charge in [-0.1, -0.05) is 19.8 Å². The van der Waals surface area contributed by atoms with Crippen molar-refractivity contribution < 1.29 is 9.53 Å². The molecule has 3 rings (SSSR count). The minimum absolute atomic E-state index is 0. The van der Waals surface area contributed by atoms with Crippen molar-refractivity contribution in [3.05, 3.63) is 0 Å². The number of carbonyl (C=O) groups excluding carboxylic acids is 1. The Labute approximate surface area is 181 Å². The van der Waals surface area contributed by atoms with E-state index in [-0.39, 0.29) is 29.9 Å². The van der Waals surface area contributed by atoms with Crippen LogP contribution in [0.2, 0.25) is 0 Å². The Morgan fingerprint density at radius 2 is 1.74 bits per heavy atom. The number of nitrogens with zero attached hydrogens (tertiary/aromatic N) is 3. The van der Waals surface area contributed by atoms with Gasteiger partial charge in [-0.25, -0.2) is 0 Å². The third kappa shape index (κ3) is 6.21. The fraction of sp³-hybridized carbons (Fsp3) is 0.900. The molecule has 2 aliphatic heterocycles. The van der Waals surface area contributed by atoms with Crippen LogP contribution in [0, 0.1) is 11.3 Å². The molecule has 0 aromatic carbocycles. The minimum Gasteiger partial charge on any atom is -0.378 e. The van der Waals surface area contributed by atoms with Crippen LogP contribution < -0.4 is 5.32 Å². The van der Waals surface area contributed by atoms with Crippen LogP contribution >= 0.6 is 24.0 Å². The fourth-order valence-electron chi connectivity index (χ4n) is 4.46. The average Bonchev–Trinajstić information content (AvgIpc) is 3.12. The van der Waals surface area contributed by atoms with E-state index in [9.17, 15) is 4.79 Å². The predicted molar refractivity (Wildman–Crippen MR) is 120 cm³/mol. The number of morpholine rings is 1. The first-order chi connectivity index (χ1) is 12.6. The Bertz CT molecular complexity index is 494. The van der Waals surface area contributed by atoms with Crippen molar-refractivity contribution in [3.8, 4) is 0 Å². The average molecular weight is 492 g/mol. The summed E-state index contributed by atoms with van der Waals surface area (Å²) in [6, 6.07) is 0. The lowest BCUT2D eigenvalue weighted by atomic mass is 9.89. The second-order valence-corrected chi connectivity index (χ2v) is 8.39. The molecule has 2 saturated heterocycles. The van der Waals surface area contributed by atoms with Gasteiger partial charge in [0.2, 0.25) is 5.91 Å². The highest BCUT2D eigenvalue weighted by Crippen LogP contribution is 2.37. The number of amides is 1. The van der Waals surface area contributed by atoms with E-state index in [0.29, 0.717) is 24.5 Å². The molecule has 0 spiro atoms. The third-order valence-corrected chi connectivity index (χ3v) is 6.22. The molecule has 27 heavy (non-hydrogen) atoms. The first-order valence-electron chi connectivity index (χ1n) is 10.5. The summed E-state index contributed by atoms with van der Waals surface area (Å²) >= 11 is 0. The first-order valence-corrected chi connectivity index (χ1v) is 10.5. The highest BCUT2D eigenvalue weighted by Gasteiger charge is 2.31. The highest BCUT2D eigenvalue weighted by atomic mass is 127. The largest absolute Gasteiger partial charge is 0.378 e. The molecule has 156 valence electrons. The van der Waals surface area contributed by atoms with Crippen molar-refractivity contribution in [2.45, 2.75) is 52.4 Å². The second-order valence-electron chi connectivity index (χ2n) is 8.39. The van der Waals surface area contributed by atoms with Crippen molar-refractivity contribution in [2.75, 3.05) is 52.5 Å². The predicted octanol–water partition coefficient (Wildman–Crippen LogP) is 2.72. The summed E-state index contributed by atoms with van der Waals surface area (Å²) in [5, 5.41) is 3.46. The normalized spacial score (nSPS) is 23.9. The van der Waals surface area contributed by atoms with Crippen LogP contribution in [0.5, 0.6) is 0 Å². The van der Waals surface area contributed by atoms with E-state index in [1.807, 2.05) is 4.90 Å². The maximum Gasteiger partial charge on any atom is 0.225 e. The lowest BCUT2D eigenvalue weighted by Crippen LogP contribution is -2.50. The summed E-state index contributed by atoms with van der Waals surface area (Å²) in [5.41, 5.74) is 0.380. The van der Waals surface area contributed by atoms with E-state index in [2.05, 4.69) is 24.1 Å². The van der Waals surface area contributed by atoms with Gasteiger partial charge >= 0.3 is 0 Å². The van der Waals surface area contributed by atoms with Crippen LogP contribution in [0.1, 0.15) is 52.4 Å². The summed E-state index contributed by atoms with van der Waals surface area (Å²) in [4.78, 5) is 22.0. The van der Waals surface area contributed by atoms with Gasteiger partial charge < -0.3 is 19.9 Å². The fourth-order valence-corrected chi connectivity index (χ4v) is 4.46. The summed E-state index contributed by atoms with van der Waals surface area (Å²) in [6.45, 7) is 11.0. The van der Waals surface area contributed by atoms with Crippen LogP contribution in [-0.2, 0) is 9.53 Å². The smallest absolute Gasteiger partial charge is 0.225 e. The molecule has 1 amide bonds. The molecule has 0 bridgehead atoms. The zero-order valence-electron chi connectivity index (χ0n) is 17.0. The van der Waals surface area contributed by atoms with Gasteiger partial charge in [-0.3, -0.25) is 9.79 Å². The van der Waals surface area contributed by atoms with Crippen LogP contribution in [0.3, 0.4) is 0 Å².